The molecule has 11 heavy (non-hydrogen) atoms. The van der Waals surface area contributed by atoms with E-state index < -0.39 is 0 Å². The van der Waals surface area contributed by atoms with E-state index in [-0.39, 0.29) is 12.9 Å². The molecule has 0 aliphatic carbocycles. The zero-order valence-electron chi connectivity index (χ0n) is 6.61. The summed E-state index contributed by atoms with van der Waals surface area (Å²) in [6.45, 7) is 2.16. The third-order valence-corrected chi connectivity index (χ3v) is 1.30. The third-order valence-electron chi connectivity index (χ3n) is 1.30. The molecule has 0 amide bonds. The van der Waals surface area contributed by atoms with Crippen molar-refractivity contribution in [2.75, 3.05) is 13.9 Å². The summed E-state index contributed by atoms with van der Waals surface area (Å²) in [6, 6.07) is 0. The largest absolute Gasteiger partial charge is 0.451 e. The summed E-state index contributed by atoms with van der Waals surface area (Å²) < 4.78 is 14.7. The predicted molar refractivity (Wildman–Crippen MR) is 37.9 cm³/mol. The number of methoxy groups -OCH3 is 1. The van der Waals surface area contributed by atoms with Crippen LogP contribution in [-0.4, -0.2) is 18.9 Å². The minimum absolute atomic E-state index is 0.0753. The molecular weight excluding hydrogens is 146 g/mol. The normalized spacial score (nSPS) is 13.3. The van der Waals surface area contributed by atoms with Crippen molar-refractivity contribution >= 4 is 0 Å². The lowest BCUT2D eigenvalue weighted by atomic mass is 10.3. The van der Waals surface area contributed by atoms with Gasteiger partial charge < -0.3 is 13.9 Å². The second-order valence-corrected chi connectivity index (χ2v) is 2.13. The lowest BCUT2D eigenvalue weighted by molar-refractivity contribution is -0.0679. The number of hydrogen-bond donors (Lipinski definition) is 0. The average Bonchev–Trinajstić information content (AvgIpc) is 2.52. The molecule has 0 aromatic carbocycles. The summed E-state index contributed by atoms with van der Waals surface area (Å²) in [5.74, 6) is 0. The van der Waals surface area contributed by atoms with Gasteiger partial charge in [-0.15, -0.1) is 0 Å². The second kappa shape index (κ2) is 4.10. The van der Waals surface area contributed by atoms with Gasteiger partial charge in [-0.1, -0.05) is 0 Å². The predicted octanol–water partition coefficient (Wildman–Crippen LogP) is 1.36. The molecule has 4 heteroatoms. The van der Waals surface area contributed by atoms with Gasteiger partial charge in [0.05, 0.1) is 0 Å². The van der Waals surface area contributed by atoms with Crippen molar-refractivity contribution in [3.63, 3.8) is 0 Å². The Hall–Kier alpha value is -0.870. The Bertz CT molecular complexity index is 186. The van der Waals surface area contributed by atoms with E-state index >= 15 is 0 Å². The molecule has 1 aromatic heterocycles. The van der Waals surface area contributed by atoms with Crippen molar-refractivity contribution in [1.29, 1.82) is 0 Å². The van der Waals surface area contributed by atoms with Crippen molar-refractivity contribution in [2.24, 2.45) is 0 Å². The van der Waals surface area contributed by atoms with E-state index in [9.17, 15) is 0 Å². The Morgan fingerprint density at radius 1 is 1.73 bits per heavy atom. The van der Waals surface area contributed by atoms with Gasteiger partial charge in [-0.05, 0) is 6.92 Å². The van der Waals surface area contributed by atoms with Crippen LogP contribution in [0.1, 0.15) is 18.7 Å². The molecule has 0 unspecified atom stereocenters. The quantitative estimate of drug-likeness (QED) is 0.619. The summed E-state index contributed by atoms with van der Waals surface area (Å²) in [6.07, 6.45) is 2.86. The van der Waals surface area contributed by atoms with Crippen LogP contribution in [0.2, 0.25) is 0 Å². The van der Waals surface area contributed by atoms with Crippen LogP contribution in [0.4, 0.5) is 0 Å². The maximum Gasteiger partial charge on any atom is 0.180 e. The molecule has 1 aromatic rings. The Morgan fingerprint density at radius 3 is 3.09 bits per heavy atom. The van der Waals surface area contributed by atoms with Crippen LogP contribution in [0.5, 0.6) is 0 Å². The highest BCUT2D eigenvalue weighted by molar-refractivity contribution is 4.94. The smallest absolute Gasteiger partial charge is 0.180 e. The van der Waals surface area contributed by atoms with Gasteiger partial charge in [0.15, 0.2) is 6.39 Å². The maximum atomic E-state index is 5.19. The number of aromatic nitrogens is 1. The Labute approximate surface area is 65.1 Å². The Balaban J connectivity index is 2.36. The number of ether oxygens (including phenoxy) is 2. The standard InChI is InChI=1S/C7H11NO3/c1-6(11-5-9-2)7-3-10-4-8-7/h3-4,6H,5H2,1-2H3/t6-/m1/s1. The lowest BCUT2D eigenvalue weighted by Gasteiger charge is -2.07. The average molecular weight is 157 g/mol. The van der Waals surface area contributed by atoms with Crippen LogP contribution in [0.25, 0.3) is 0 Å². The fourth-order valence-electron chi connectivity index (χ4n) is 0.678. The molecule has 4 nitrogen and oxygen atoms in total. The van der Waals surface area contributed by atoms with Gasteiger partial charge in [0.1, 0.15) is 24.9 Å². The molecule has 0 N–H and O–H groups in total. The highest BCUT2D eigenvalue weighted by Crippen LogP contribution is 2.12. The van der Waals surface area contributed by atoms with E-state index in [0.717, 1.165) is 5.69 Å². The van der Waals surface area contributed by atoms with Crippen LogP contribution in [0.15, 0.2) is 17.1 Å². The first-order chi connectivity index (χ1) is 5.34. The van der Waals surface area contributed by atoms with Crippen LogP contribution in [-0.2, 0) is 9.47 Å². The fraction of sp³-hybridized carbons (Fsp3) is 0.571. The highest BCUT2D eigenvalue weighted by Gasteiger charge is 2.07. The van der Waals surface area contributed by atoms with E-state index in [2.05, 4.69) is 4.98 Å². The lowest BCUT2D eigenvalue weighted by Crippen LogP contribution is -2.02. The summed E-state index contributed by atoms with van der Waals surface area (Å²) >= 11 is 0. The third kappa shape index (κ3) is 2.32. The zero-order chi connectivity index (χ0) is 8.10. The van der Waals surface area contributed by atoms with E-state index in [1.807, 2.05) is 6.92 Å². The van der Waals surface area contributed by atoms with Crippen molar-refractivity contribution in [1.82, 2.24) is 4.98 Å². The molecule has 0 saturated carbocycles. The topological polar surface area (TPSA) is 44.5 Å². The van der Waals surface area contributed by atoms with Crippen LogP contribution in [0.3, 0.4) is 0 Å². The second-order valence-electron chi connectivity index (χ2n) is 2.13. The number of rotatable bonds is 4. The van der Waals surface area contributed by atoms with Gasteiger partial charge in [0.2, 0.25) is 0 Å². The molecule has 0 bridgehead atoms. The molecule has 0 aliphatic heterocycles. The van der Waals surface area contributed by atoms with Crippen LogP contribution < -0.4 is 0 Å². The van der Waals surface area contributed by atoms with Crippen molar-refractivity contribution in [3.05, 3.63) is 18.4 Å². The van der Waals surface area contributed by atoms with Crippen molar-refractivity contribution < 1.29 is 13.9 Å². The van der Waals surface area contributed by atoms with E-state index in [4.69, 9.17) is 13.9 Å². The molecule has 62 valence electrons. The van der Waals surface area contributed by atoms with E-state index in [1.54, 1.807) is 13.4 Å². The van der Waals surface area contributed by atoms with Gasteiger partial charge in [-0.3, -0.25) is 0 Å². The van der Waals surface area contributed by atoms with Crippen LogP contribution >= 0.6 is 0 Å². The minimum atomic E-state index is -0.0753. The van der Waals surface area contributed by atoms with Gasteiger partial charge in [-0.2, -0.15) is 0 Å². The van der Waals surface area contributed by atoms with Gasteiger partial charge in [-0.25, -0.2) is 4.98 Å². The molecular formula is C7H11NO3. The van der Waals surface area contributed by atoms with E-state index in [0.29, 0.717) is 0 Å². The van der Waals surface area contributed by atoms with E-state index in [1.165, 1.54) is 6.39 Å². The van der Waals surface area contributed by atoms with Crippen LogP contribution in [0, 0.1) is 0 Å². The fourth-order valence-corrected chi connectivity index (χ4v) is 0.678. The van der Waals surface area contributed by atoms with Gasteiger partial charge >= 0.3 is 0 Å². The number of nitrogens with zero attached hydrogens (tertiary/aromatic N) is 1. The Kier molecular flexibility index (Phi) is 3.07. The maximum absolute atomic E-state index is 5.19. The molecule has 0 fully saturated rings. The molecule has 0 radical (unpaired) electrons. The number of oxazole rings is 1. The molecule has 0 aliphatic rings. The first kappa shape index (κ1) is 8.23. The summed E-state index contributed by atoms with van der Waals surface area (Å²) in [7, 11) is 1.58. The molecule has 0 saturated heterocycles. The van der Waals surface area contributed by atoms with Crippen molar-refractivity contribution in [3.8, 4) is 0 Å². The van der Waals surface area contributed by atoms with Crippen molar-refractivity contribution in [2.45, 2.75) is 13.0 Å². The Morgan fingerprint density at radius 2 is 2.55 bits per heavy atom. The highest BCUT2D eigenvalue weighted by atomic mass is 16.7. The summed E-state index contributed by atoms with van der Waals surface area (Å²) in [4.78, 5) is 3.92. The zero-order valence-corrected chi connectivity index (χ0v) is 6.61. The molecule has 1 heterocycles. The minimum Gasteiger partial charge on any atom is -0.451 e. The molecule has 0 spiro atoms. The first-order valence-electron chi connectivity index (χ1n) is 3.33. The van der Waals surface area contributed by atoms with Gasteiger partial charge in [0.25, 0.3) is 0 Å². The SMILES string of the molecule is COCO[C@H](C)c1cocn1. The molecule has 1 atom stereocenters. The number of hydrogen-bond acceptors (Lipinski definition) is 4. The van der Waals surface area contributed by atoms with Gasteiger partial charge in [0, 0.05) is 7.11 Å². The molecule has 1 rings (SSSR count). The monoisotopic (exact) mass is 157 g/mol. The first-order valence-corrected chi connectivity index (χ1v) is 3.33. The summed E-state index contributed by atoms with van der Waals surface area (Å²) in [5, 5.41) is 0. The summed E-state index contributed by atoms with van der Waals surface area (Å²) in [5.41, 5.74) is 0.780.